The predicted octanol–water partition coefficient (Wildman–Crippen LogP) is 3.37. The third-order valence-corrected chi connectivity index (χ3v) is 7.05. The highest BCUT2D eigenvalue weighted by Crippen LogP contribution is 2.35. The molecule has 0 saturated carbocycles. The zero-order valence-electron chi connectivity index (χ0n) is 18.5. The first-order valence-corrected chi connectivity index (χ1v) is 12.1. The second kappa shape index (κ2) is 8.71. The van der Waals surface area contributed by atoms with Crippen LogP contribution in [0.4, 0.5) is 11.4 Å². The van der Waals surface area contributed by atoms with Gasteiger partial charge in [0.1, 0.15) is 11.1 Å². The van der Waals surface area contributed by atoms with Gasteiger partial charge in [0.2, 0.25) is 10.9 Å². The first kappa shape index (κ1) is 22.1. The number of carbonyl (C=O) groups excluding carboxylic acids is 2. The van der Waals surface area contributed by atoms with Crippen LogP contribution in [0.2, 0.25) is 5.02 Å². The molecule has 8 nitrogen and oxygen atoms in total. The summed E-state index contributed by atoms with van der Waals surface area (Å²) in [5.74, 6) is -0.360. The van der Waals surface area contributed by atoms with Crippen LogP contribution in [-0.2, 0) is 9.59 Å². The molecular weight excluding hydrogens is 498 g/mol. The molecular formula is C26H16ClN5O3S. The number of thiazole rings is 1. The van der Waals surface area contributed by atoms with E-state index < -0.39 is 11.5 Å². The summed E-state index contributed by atoms with van der Waals surface area (Å²) in [4.78, 5) is 45.9. The van der Waals surface area contributed by atoms with Crippen molar-refractivity contribution in [2.24, 2.45) is 0 Å². The zero-order chi connectivity index (χ0) is 24.8. The topological polar surface area (TPSA) is 96.7 Å². The molecule has 10 heteroatoms. The zero-order valence-corrected chi connectivity index (χ0v) is 20.1. The summed E-state index contributed by atoms with van der Waals surface area (Å²) in [7, 11) is 0. The predicted molar refractivity (Wildman–Crippen MR) is 139 cm³/mol. The van der Waals surface area contributed by atoms with Gasteiger partial charge < -0.3 is 5.32 Å². The average molecular weight is 514 g/mol. The second-order valence-electron chi connectivity index (χ2n) is 8.07. The van der Waals surface area contributed by atoms with Crippen molar-refractivity contribution in [3.8, 4) is 11.4 Å². The largest absolute Gasteiger partial charge is 0.325 e. The molecule has 176 valence electrons. The molecule has 0 bridgehead atoms. The molecule has 2 amide bonds. The van der Waals surface area contributed by atoms with Gasteiger partial charge in [-0.3, -0.25) is 19.3 Å². The Bertz CT molecular complexity index is 1760. The lowest BCUT2D eigenvalue weighted by Gasteiger charge is -2.16. The standard InChI is InChI=1S/C26H16ClN5O3S/c27-16-10-12-17(13-11-16)28-20(33)14-31-19-9-5-4-8-18(19)21(24(31)34)22-25(35)32-26(36-22)29-23(30-32)15-6-2-1-3-7-15/h1-13H,14H2,(H,28,33). The van der Waals surface area contributed by atoms with E-state index >= 15 is 0 Å². The maximum absolute atomic E-state index is 13.5. The van der Waals surface area contributed by atoms with Crippen LogP contribution in [0.3, 0.4) is 0 Å². The number of anilines is 2. The van der Waals surface area contributed by atoms with E-state index in [4.69, 9.17) is 11.6 Å². The van der Waals surface area contributed by atoms with Gasteiger partial charge >= 0.3 is 0 Å². The molecule has 1 N–H and O–H groups in total. The number of rotatable bonds is 4. The summed E-state index contributed by atoms with van der Waals surface area (Å²) in [6, 6.07) is 23.1. The van der Waals surface area contributed by atoms with E-state index in [-0.39, 0.29) is 22.6 Å². The maximum atomic E-state index is 13.5. The minimum Gasteiger partial charge on any atom is -0.325 e. The van der Waals surface area contributed by atoms with Crippen molar-refractivity contribution in [1.29, 1.82) is 0 Å². The van der Waals surface area contributed by atoms with Gasteiger partial charge in [-0.1, -0.05) is 71.5 Å². The molecule has 36 heavy (non-hydrogen) atoms. The number of carbonyl (C=O) groups is 2. The lowest BCUT2D eigenvalue weighted by Crippen LogP contribution is -2.37. The summed E-state index contributed by atoms with van der Waals surface area (Å²) >= 11 is 7.01. The van der Waals surface area contributed by atoms with Crippen molar-refractivity contribution in [3.05, 3.63) is 104 Å². The number of aromatic nitrogens is 3. The molecule has 6 rings (SSSR count). The van der Waals surface area contributed by atoms with Gasteiger partial charge in [-0.05, 0) is 30.3 Å². The SMILES string of the molecule is O=C(CN1C(=O)C(=c2sc3nc(-c4ccccc4)nn3c2=O)c2ccccc21)Nc1ccc(Cl)cc1. The minimum atomic E-state index is -0.424. The van der Waals surface area contributed by atoms with Crippen LogP contribution in [0.15, 0.2) is 83.7 Å². The van der Waals surface area contributed by atoms with Crippen molar-refractivity contribution < 1.29 is 9.59 Å². The van der Waals surface area contributed by atoms with E-state index in [0.717, 1.165) is 16.9 Å². The van der Waals surface area contributed by atoms with Crippen LogP contribution in [-0.4, -0.2) is 33.0 Å². The Labute approximate surface area is 213 Å². The Balaban J connectivity index is 1.39. The normalized spacial score (nSPS) is 14.4. The fraction of sp³-hybridized carbons (Fsp3) is 0.0385. The van der Waals surface area contributed by atoms with E-state index in [2.05, 4.69) is 15.4 Å². The van der Waals surface area contributed by atoms with Gasteiger partial charge in [0.25, 0.3) is 11.5 Å². The summed E-state index contributed by atoms with van der Waals surface area (Å²) in [5.41, 5.74) is 2.33. The Hall–Kier alpha value is -4.34. The number of fused-ring (bicyclic) bond motifs is 2. The molecule has 2 aromatic heterocycles. The Morgan fingerprint density at radius 2 is 1.67 bits per heavy atom. The molecule has 0 saturated heterocycles. The van der Waals surface area contributed by atoms with Crippen LogP contribution in [0.1, 0.15) is 5.56 Å². The Morgan fingerprint density at radius 1 is 0.944 bits per heavy atom. The van der Waals surface area contributed by atoms with E-state index in [1.54, 1.807) is 48.5 Å². The number of hydrogen-bond acceptors (Lipinski definition) is 6. The highest BCUT2D eigenvalue weighted by atomic mass is 35.5. The highest BCUT2D eigenvalue weighted by molar-refractivity contribution is 7.15. The Kier molecular flexibility index (Phi) is 5.36. The number of hydrogen-bond donors (Lipinski definition) is 1. The van der Waals surface area contributed by atoms with Crippen LogP contribution in [0.5, 0.6) is 0 Å². The van der Waals surface area contributed by atoms with Gasteiger partial charge in [-0.15, -0.1) is 5.10 Å². The summed E-state index contributed by atoms with van der Waals surface area (Å²) in [5, 5.41) is 7.69. The van der Waals surface area contributed by atoms with E-state index in [1.807, 2.05) is 30.3 Å². The molecule has 1 aliphatic rings. The van der Waals surface area contributed by atoms with Gasteiger partial charge in [0.05, 0.1) is 11.3 Å². The van der Waals surface area contributed by atoms with Gasteiger partial charge in [0, 0.05) is 21.8 Å². The van der Waals surface area contributed by atoms with Gasteiger partial charge in [0.15, 0.2) is 5.82 Å². The van der Waals surface area contributed by atoms with Gasteiger partial charge in [-0.2, -0.15) is 9.50 Å². The quantitative estimate of drug-likeness (QED) is 0.397. The van der Waals surface area contributed by atoms with E-state index in [9.17, 15) is 14.4 Å². The molecule has 0 fully saturated rings. The third kappa shape index (κ3) is 3.74. The van der Waals surface area contributed by atoms with Crippen LogP contribution in [0, 0.1) is 0 Å². The minimum absolute atomic E-state index is 0.213. The number of benzene rings is 3. The summed E-state index contributed by atoms with van der Waals surface area (Å²) in [6.07, 6.45) is 0. The molecule has 0 unspecified atom stereocenters. The summed E-state index contributed by atoms with van der Waals surface area (Å²) in [6.45, 7) is -0.213. The number of halogens is 1. The van der Waals surface area contributed by atoms with Crippen molar-refractivity contribution in [2.45, 2.75) is 0 Å². The van der Waals surface area contributed by atoms with Crippen LogP contribution in [0.25, 0.3) is 21.9 Å². The average Bonchev–Trinajstić information content (AvgIpc) is 3.52. The molecule has 0 spiro atoms. The third-order valence-electron chi connectivity index (χ3n) is 5.77. The van der Waals surface area contributed by atoms with Crippen molar-refractivity contribution in [2.75, 3.05) is 16.8 Å². The van der Waals surface area contributed by atoms with E-state index in [1.165, 1.54) is 9.42 Å². The number of nitrogens with zero attached hydrogens (tertiary/aromatic N) is 4. The van der Waals surface area contributed by atoms with E-state index in [0.29, 0.717) is 32.7 Å². The molecule has 3 aromatic carbocycles. The molecule has 5 aromatic rings. The first-order valence-electron chi connectivity index (χ1n) is 11.0. The van der Waals surface area contributed by atoms with Crippen LogP contribution >= 0.6 is 22.9 Å². The molecule has 0 radical (unpaired) electrons. The van der Waals surface area contributed by atoms with Crippen LogP contribution < -0.4 is 20.3 Å². The molecule has 1 aliphatic heterocycles. The Morgan fingerprint density at radius 3 is 2.42 bits per heavy atom. The van der Waals surface area contributed by atoms with Gasteiger partial charge in [-0.25, -0.2) is 0 Å². The van der Waals surface area contributed by atoms with Crippen molar-refractivity contribution in [1.82, 2.24) is 14.6 Å². The second-order valence-corrected chi connectivity index (χ2v) is 9.48. The number of amides is 2. The summed E-state index contributed by atoms with van der Waals surface area (Å²) < 4.78 is 1.46. The highest BCUT2D eigenvalue weighted by Gasteiger charge is 2.35. The fourth-order valence-electron chi connectivity index (χ4n) is 4.13. The monoisotopic (exact) mass is 513 g/mol. The lowest BCUT2D eigenvalue weighted by molar-refractivity contribution is -0.118. The van der Waals surface area contributed by atoms with Crippen molar-refractivity contribution >= 4 is 56.7 Å². The smallest absolute Gasteiger partial charge is 0.291 e. The first-order chi connectivity index (χ1) is 17.5. The molecule has 0 atom stereocenters. The lowest BCUT2D eigenvalue weighted by atomic mass is 10.1. The number of nitrogens with one attached hydrogen (secondary N) is 1. The molecule has 0 aliphatic carbocycles. The van der Waals surface area contributed by atoms with Crippen molar-refractivity contribution in [3.63, 3.8) is 0 Å². The maximum Gasteiger partial charge on any atom is 0.291 e. The fourth-order valence-corrected chi connectivity index (χ4v) is 5.25. The molecule has 3 heterocycles. The number of para-hydroxylation sites is 1.